The molecule has 1 aromatic rings. The lowest BCUT2D eigenvalue weighted by Gasteiger charge is -2.29. The van der Waals surface area contributed by atoms with Gasteiger partial charge in [0, 0.05) is 32.7 Å². The first-order valence-electron chi connectivity index (χ1n) is 10.7. The first kappa shape index (κ1) is 23.4. The number of aryl methyl sites for hydroxylation is 1. The lowest BCUT2D eigenvalue weighted by molar-refractivity contribution is 0.198. The van der Waals surface area contributed by atoms with E-state index in [2.05, 4.69) is 22.0 Å². The highest BCUT2D eigenvalue weighted by molar-refractivity contribution is 14.0. The van der Waals surface area contributed by atoms with Crippen molar-refractivity contribution in [2.75, 3.05) is 45.8 Å². The van der Waals surface area contributed by atoms with Gasteiger partial charge in [-0.05, 0) is 75.7 Å². The molecule has 0 aliphatic carbocycles. The summed E-state index contributed by atoms with van der Waals surface area (Å²) in [5.41, 5.74) is 1.05. The summed E-state index contributed by atoms with van der Waals surface area (Å²) in [5.74, 6) is 1.67. The van der Waals surface area contributed by atoms with Gasteiger partial charge in [-0.3, -0.25) is 4.99 Å². The number of piperidine rings is 1. The SMILES string of the molecule is CCNC(=NCCCc1cccc(F)c1)N1CCC(CN2CCCCC2)C1.I. The maximum absolute atomic E-state index is 13.3. The van der Waals surface area contributed by atoms with Crippen LogP contribution in [0.1, 0.15) is 44.6 Å². The molecule has 1 unspecified atom stereocenters. The second-order valence-electron chi connectivity index (χ2n) is 7.93. The van der Waals surface area contributed by atoms with Crippen LogP contribution in [-0.4, -0.2) is 61.6 Å². The summed E-state index contributed by atoms with van der Waals surface area (Å²) >= 11 is 0. The Kier molecular flexibility index (Phi) is 10.5. The van der Waals surface area contributed by atoms with Gasteiger partial charge in [-0.15, -0.1) is 24.0 Å². The molecule has 0 spiro atoms. The van der Waals surface area contributed by atoms with Gasteiger partial charge in [0.15, 0.2) is 5.96 Å². The molecule has 2 aliphatic rings. The number of hydrogen-bond acceptors (Lipinski definition) is 2. The molecule has 1 aromatic carbocycles. The number of likely N-dealkylation sites (tertiary alicyclic amines) is 2. The lowest BCUT2D eigenvalue weighted by atomic mass is 10.1. The van der Waals surface area contributed by atoms with Gasteiger partial charge in [-0.1, -0.05) is 18.6 Å². The average Bonchev–Trinajstić information content (AvgIpc) is 3.13. The quantitative estimate of drug-likeness (QED) is 0.263. The van der Waals surface area contributed by atoms with Crippen LogP contribution in [0.15, 0.2) is 29.3 Å². The second-order valence-corrected chi connectivity index (χ2v) is 7.93. The number of rotatable bonds is 7. The zero-order valence-corrected chi connectivity index (χ0v) is 19.5. The normalized spacial score (nSPS) is 20.9. The molecule has 0 saturated carbocycles. The third kappa shape index (κ3) is 7.50. The van der Waals surface area contributed by atoms with Crippen molar-refractivity contribution in [3.05, 3.63) is 35.6 Å². The Morgan fingerprint density at radius 1 is 1.21 bits per heavy atom. The molecule has 2 saturated heterocycles. The third-order valence-electron chi connectivity index (χ3n) is 5.66. The summed E-state index contributed by atoms with van der Waals surface area (Å²) in [5, 5.41) is 3.46. The minimum atomic E-state index is -0.152. The van der Waals surface area contributed by atoms with Gasteiger partial charge in [0.25, 0.3) is 0 Å². The molecule has 3 rings (SSSR count). The summed E-state index contributed by atoms with van der Waals surface area (Å²) in [6, 6.07) is 6.90. The van der Waals surface area contributed by atoms with Crippen LogP contribution in [-0.2, 0) is 6.42 Å². The maximum atomic E-state index is 13.3. The van der Waals surface area contributed by atoms with Crippen LogP contribution in [0.25, 0.3) is 0 Å². The van der Waals surface area contributed by atoms with E-state index in [0.717, 1.165) is 56.5 Å². The standard InChI is InChI=1S/C22H35FN4.HI/c1-2-24-22(25-12-7-9-19-8-6-10-21(23)16-19)27-15-11-20(18-27)17-26-13-4-3-5-14-26;/h6,8,10,16,20H,2-5,7,9,11-15,17-18H2,1H3,(H,24,25);1H. The maximum Gasteiger partial charge on any atom is 0.193 e. The Morgan fingerprint density at radius 3 is 2.79 bits per heavy atom. The van der Waals surface area contributed by atoms with Crippen LogP contribution < -0.4 is 5.32 Å². The summed E-state index contributed by atoms with van der Waals surface area (Å²) in [6.45, 7) is 9.84. The second kappa shape index (κ2) is 12.6. The van der Waals surface area contributed by atoms with Gasteiger partial charge >= 0.3 is 0 Å². The molecule has 2 heterocycles. The van der Waals surface area contributed by atoms with Gasteiger partial charge in [0.2, 0.25) is 0 Å². The van der Waals surface area contributed by atoms with Gasteiger partial charge in [0.1, 0.15) is 5.82 Å². The van der Waals surface area contributed by atoms with Crippen LogP contribution in [0.5, 0.6) is 0 Å². The fourth-order valence-electron chi connectivity index (χ4n) is 4.27. The number of nitrogens with zero attached hydrogens (tertiary/aromatic N) is 3. The predicted molar refractivity (Wildman–Crippen MR) is 126 cm³/mol. The van der Waals surface area contributed by atoms with Crippen LogP contribution in [0.4, 0.5) is 4.39 Å². The van der Waals surface area contributed by atoms with Crippen LogP contribution in [0.3, 0.4) is 0 Å². The molecule has 0 bridgehead atoms. The fourth-order valence-corrected chi connectivity index (χ4v) is 4.27. The van der Waals surface area contributed by atoms with Gasteiger partial charge in [-0.25, -0.2) is 4.39 Å². The van der Waals surface area contributed by atoms with Gasteiger partial charge < -0.3 is 15.1 Å². The van der Waals surface area contributed by atoms with Crippen molar-refractivity contribution in [3.63, 3.8) is 0 Å². The molecule has 0 amide bonds. The average molecular weight is 502 g/mol. The van der Waals surface area contributed by atoms with E-state index >= 15 is 0 Å². The Labute approximate surface area is 187 Å². The number of guanidine groups is 1. The molecule has 1 atom stereocenters. The Morgan fingerprint density at radius 2 is 2.04 bits per heavy atom. The molecular formula is C22H36FIN4. The zero-order chi connectivity index (χ0) is 18.9. The minimum Gasteiger partial charge on any atom is -0.357 e. The van der Waals surface area contributed by atoms with E-state index < -0.39 is 0 Å². The van der Waals surface area contributed by atoms with Crippen molar-refractivity contribution in [2.45, 2.75) is 45.4 Å². The number of halogens is 2. The molecule has 28 heavy (non-hydrogen) atoms. The predicted octanol–water partition coefficient (Wildman–Crippen LogP) is 4.15. The minimum absolute atomic E-state index is 0. The van der Waals surface area contributed by atoms with Crippen molar-refractivity contribution >= 4 is 29.9 Å². The van der Waals surface area contributed by atoms with E-state index in [1.54, 1.807) is 12.1 Å². The van der Waals surface area contributed by atoms with E-state index in [1.165, 1.54) is 51.4 Å². The summed E-state index contributed by atoms with van der Waals surface area (Å²) in [7, 11) is 0. The largest absolute Gasteiger partial charge is 0.357 e. The van der Waals surface area contributed by atoms with Crippen LogP contribution >= 0.6 is 24.0 Å². The smallest absolute Gasteiger partial charge is 0.193 e. The van der Waals surface area contributed by atoms with E-state index in [-0.39, 0.29) is 29.8 Å². The molecule has 4 nitrogen and oxygen atoms in total. The number of benzene rings is 1. The van der Waals surface area contributed by atoms with Crippen LogP contribution in [0.2, 0.25) is 0 Å². The van der Waals surface area contributed by atoms with E-state index in [9.17, 15) is 4.39 Å². The van der Waals surface area contributed by atoms with Crippen molar-refractivity contribution in [2.24, 2.45) is 10.9 Å². The molecule has 158 valence electrons. The Hall–Kier alpha value is -0.890. The topological polar surface area (TPSA) is 30.9 Å². The fraction of sp³-hybridized carbons (Fsp3) is 0.682. The van der Waals surface area contributed by atoms with Crippen molar-refractivity contribution in [1.82, 2.24) is 15.1 Å². The molecule has 1 N–H and O–H groups in total. The lowest BCUT2D eigenvalue weighted by Crippen LogP contribution is -2.41. The van der Waals surface area contributed by atoms with Crippen LogP contribution in [0, 0.1) is 11.7 Å². The molecule has 0 radical (unpaired) electrons. The highest BCUT2D eigenvalue weighted by Crippen LogP contribution is 2.20. The first-order chi connectivity index (χ1) is 13.2. The Bertz CT molecular complexity index is 604. The summed E-state index contributed by atoms with van der Waals surface area (Å²) in [6.07, 6.45) is 7.23. The van der Waals surface area contributed by atoms with Crippen molar-refractivity contribution in [3.8, 4) is 0 Å². The highest BCUT2D eigenvalue weighted by Gasteiger charge is 2.26. The molecule has 2 aliphatic heterocycles. The summed E-state index contributed by atoms with van der Waals surface area (Å²) < 4.78 is 13.3. The zero-order valence-electron chi connectivity index (χ0n) is 17.2. The molecule has 0 aromatic heterocycles. The van der Waals surface area contributed by atoms with E-state index in [4.69, 9.17) is 4.99 Å². The number of aliphatic imine (C=N–C) groups is 1. The van der Waals surface area contributed by atoms with E-state index in [0.29, 0.717) is 0 Å². The monoisotopic (exact) mass is 502 g/mol. The van der Waals surface area contributed by atoms with Crippen molar-refractivity contribution in [1.29, 1.82) is 0 Å². The molecular weight excluding hydrogens is 466 g/mol. The first-order valence-corrected chi connectivity index (χ1v) is 10.7. The number of hydrogen-bond donors (Lipinski definition) is 1. The molecule has 2 fully saturated rings. The van der Waals surface area contributed by atoms with Crippen molar-refractivity contribution < 1.29 is 4.39 Å². The van der Waals surface area contributed by atoms with E-state index in [1.807, 2.05) is 6.07 Å². The van der Waals surface area contributed by atoms with Gasteiger partial charge in [-0.2, -0.15) is 0 Å². The Balaban J connectivity index is 0.00000280. The number of nitrogens with one attached hydrogen (secondary N) is 1. The molecule has 6 heteroatoms. The summed E-state index contributed by atoms with van der Waals surface area (Å²) in [4.78, 5) is 9.92. The highest BCUT2D eigenvalue weighted by atomic mass is 127. The van der Waals surface area contributed by atoms with Gasteiger partial charge in [0.05, 0.1) is 0 Å². The third-order valence-corrected chi connectivity index (χ3v) is 5.66.